The van der Waals surface area contributed by atoms with Crippen molar-refractivity contribution in [3.8, 4) is 0 Å². The van der Waals surface area contributed by atoms with Crippen LogP contribution < -0.4 is 10.6 Å². The predicted molar refractivity (Wildman–Crippen MR) is 69.5 cm³/mol. The molecular formula is C13H28N2O. The summed E-state index contributed by atoms with van der Waals surface area (Å²) in [6, 6.07) is 0.354. The highest BCUT2D eigenvalue weighted by Crippen LogP contribution is 2.02. The van der Waals surface area contributed by atoms with E-state index in [4.69, 9.17) is 0 Å². The molecule has 0 aromatic heterocycles. The van der Waals surface area contributed by atoms with Crippen LogP contribution >= 0.6 is 0 Å². The molecule has 0 aliphatic heterocycles. The maximum atomic E-state index is 11.6. The second-order valence-corrected chi connectivity index (χ2v) is 5.39. The summed E-state index contributed by atoms with van der Waals surface area (Å²) in [6.45, 7) is 11.3. The summed E-state index contributed by atoms with van der Waals surface area (Å²) >= 11 is 0. The Morgan fingerprint density at radius 3 is 2.31 bits per heavy atom. The van der Waals surface area contributed by atoms with Gasteiger partial charge in [0.2, 0.25) is 5.91 Å². The first-order valence-corrected chi connectivity index (χ1v) is 6.43. The van der Waals surface area contributed by atoms with Crippen molar-refractivity contribution in [3.63, 3.8) is 0 Å². The summed E-state index contributed by atoms with van der Waals surface area (Å²) < 4.78 is 0. The number of hydrogen-bond acceptors (Lipinski definition) is 2. The van der Waals surface area contributed by atoms with Crippen molar-refractivity contribution in [2.75, 3.05) is 6.54 Å². The molecule has 0 aliphatic rings. The molecule has 0 fully saturated rings. The third-order valence-electron chi connectivity index (χ3n) is 2.50. The quantitative estimate of drug-likeness (QED) is 0.703. The summed E-state index contributed by atoms with van der Waals surface area (Å²) in [7, 11) is 0. The Bertz CT molecular complexity index is 197. The molecule has 16 heavy (non-hydrogen) atoms. The SMILES string of the molecule is CCCC(CC)NC(=O)CCNC(C)(C)C. The van der Waals surface area contributed by atoms with Gasteiger partial charge in [0, 0.05) is 24.5 Å². The third-order valence-corrected chi connectivity index (χ3v) is 2.50. The van der Waals surface area contributed by atoms with E-state index < -0.39 is 0 Å². The highest BCUT2D eigenvalue weighted by atomic mass is 16.1. The Kier molecular flexibility index (Phi) is 7.39. The summed E-state index contributed by atoms with van der Waals surface area (Å²) in [5.41, 5.74) is 0.0911. The molecule has 1 amide bonds. The lowest BCUT2D eigenvalue weighted by atomic mass is 10.1. The lowest BCUT2D eigenvalue weighted by molar-refractivity contribution is -0.121. The first-order chi connectivity index (χ1) is 7.39. The molecule has 0 heterocycles. The topological polar surface area (TPSA) is 41.1 Å². The second kappa shape index (κ2) is 7.66. The largest absolute Gasteiger partial charge is 0.353 e. The van der Waals surface area contributed by atoms with Gasteiger partial charge in [-0.1, -0.05) is 20.3 Å². The van der Waals surface area contributed by atoms with Crippen LogP contribution in [0.5, 0.6) is 0 Å². The van der Waals surface area contributed by atoms with Crippen molar-refractivity contribution < 1.29 is 4.79 Å². The molecule has 0 aromatic carbocycles. The van der Waals surface area contributed by atoms with Crippen LogP contribution in [-0.2, 0) is 4.79 Å². The minimum absolute atomic E-state index is 0.0911. The number of amides is 1. The van der Waals surface area contributed by atoms with Gasteiger partial charge in [-0.05, 0) is 33.6 Å². The molecule has 1 unspecified atom stereocenters. The van der Waals surface area contributed by atoms with Crippen LogP contribution in [-0.4, -0.2) is 24.0 Å². The first kappa shape index (κ1) is 15.4. The number of rotatable bonds is 7. The lowest BCUT2D eigenvalue weighted by Crippen LogP contribution is -2.40. The minimum Gasteiger partial charge on any atom is -0.353 e. The third kappa shape index (κ3) is 8.72. The van der Waals surface area contributed by atoms with Gasteiger partial charge in [0.15, 0.2) is 0 Å². The van der Waals surface area contributed by atoms with E-state index in [0.717, 1.165) is 25.8 Å². The zero-order valence-electron chi connectivity index (χ0n) is 11.5. The molecule has 0 aromatic rings. The molecule has 0 aliphatic carbocycles. The van der Waals surface area contributed by atoms with Crippen LogP contribution in [0.4, 0.5) is 0 Å². The van der Waals surface area contributed by atoms with Crippen LogP contribution in [0.1, 0.15) is 60.3 Å². The fourth-order valence-electron chi connectivity index (χ4n) is 1.58. The Balaban J connectivity index is 3.72. The maximum absolute atomic E-state index is 11.6. The van der Waals surface area contributed by atoms with Gasteiger partial charge >= 0.3 is 0 Å². The van der Waals surface area contributed by atoms with Crippen molar-refractivity contribution in [2.45, 2.75) is 71.9 Å². The molecular weight excluding hydrogens is 200 g/mol. The Morgan fingerprint density at radius 1 is 1.25 bits per heavy atom. The lowest BCUT2D eigenvalue weighted by Gasteiger charge is -2.21. The molecule has 0 radical (unpaired) electrons. The van der Waals surface area contributed by atoms with Crippen LogP contribution in [0.2, 0.25) is 0 Å². The van der Waals surface area contributed by atoms with Crippen molar-refractivity contribution >= 4 is 5.91 Å². The Labute approximate surface area is 100 Å². The van der Waals surface area contributed by atoms with Crippen molar-refractivity contribution in [1.82, 2.24) is 10.6 Å². The molecule has 0 saturated carbocycles. The van der Waals surface area contributed by atoms with Crippen LogP contribution in [0.3, 0.4) is 0 Å². The van der Waals surface area contributed by atoms with Gasteiger partial charge in [-0.3, -0.25) is 4.79 Å². The predicted octanol–water partition coefficient (Wildman–Crippen LogP) is 2.46. The summed E-state index contributed by atoms with van der Waals surface area (Å²) in [4.78, 5) is 11.6. The van der Waals surface area contributed by atoms with E-state index in [1.165, 1.54) is 0 Å². The van der Waals surface area contributed by atoms with E-state index in [9.17, 15) is 4.79 Å². The molecule has 3 nitrogen and oxygen atoms in total. The normalized spacial score (nSPS) is 13.6. The second-order valence-electron chi connectivity index (χ2n) is 5.39. The highest BCUT2D eigenvalue weighted by molar-refractivity contribution is 5.76. The van der Waals surface area contributed by atoms with Crippen molar-refractivity contribution in [1.29, 1.82) is 0 Å². The van der Waals surface area contributed by atoms with Crippen LogP contribution in [0.25, 0.3) is 0 Å². The fourth-order valence-corrected chi connectivity index (χ4v) is 1.58. The molecule has 96 valence electrons. The van der Waals surface area contributed by atoms with E-state index in [-0.39, 0.29) is 11.4 Å². The fraction of sp³-hybridized carbons (Fsp3) is 0.923. The van der Waals surface area contributed by atoms with Crippen molar-refractivity contribution in [3.05, 3.63) is 0 Å². The number of hydrogen-bond donors (Lipinski definition) is 2. The zero-order valence-corrected chi connectivity index (χ0v) is 11.5. The van der Waals surface area contributed by atoms with E-state index in [1.807, 2.05) is 0 Å². The van der Waals surface area contributed by atoms with E-state index in [0.29, 0.717) is 12.5 Å². The van der Waals surface area contributed by atoms with Crippen molar-refractivity contribution in [2.24, 2.45) is 0 Å². The molecule has 0 spiro atoms. The minimum atomic E-state index is 0.0911. The van der Waals surface area contributed by atoms with Crippen LogP contribution in [0.15, 0.2) is 0 Å². The molecule has 0 saturated heterocycles. The zero-order chi connectivity index (χ0) is 12.6. The summed E-state index contributed by atoms with van der Waals surface area (Å²) in [5.74, 6) is 0.164. The van der Waals surface area contributed by atoms with Gasteiger partial charge in [0.05, 0.1) is 0 Å². The Hall–Kier alpha value is -0.570. The standard InChI is InChI=1S/C13H28N2O/c1-6-8-11(7-2)15-12(16)9-10-14-13(3,4)5/h11,14H,6-10H2,1-5H3,(H,15,16). The summed E-state index contributed by atoms with van der Waals surface area (Å²) in [6.07, 6.45) is 3.79. The van der Waals surface area contributed by atoms with E-state index >= 15 is 0 Å². The number of carbonyl (C=O) groups is 1. The number of carbonyl (C=O) groups excluding carboxylic acids is 1. The number of nitrogens with one attached hydrogen (secondary N) is 2. The smallest absolute Gasteiger partial charge is 0.221 e. The van der Waals surface area contributed by atoms with Gasteiger partial charge in [-0.25, -0.2) is 0 Å². The molecule has 1 atom stereocenters. The van der Waals surface area contributed by atoms with Crippen LogP contribution in [0, 0.1) is 0 Å². The van der Waals surface area contributed by atoms with Gasteiger partial charge in [-0.15, -0.1) is 0 Å². The maximum Gasteiger partial charge on any atom is 0.221 e. The van der Waals surface area contributed by atoms with E-state index in [1.54, 1.807) is 0 Å². The molecule has 0 rings (SSSR count). The average Bonchev–Trinajstić information content (AvgIpc) is 2.15. The average molecular weight is 228 g/mol. The van der Waals surface area contributed by atoms with E-state index in [2.05, 4.69) is 45.3 Å². The molecule has 0 bridgehead atoms. The summed E-state index contributed by atoms with van der Waals surface area (Å²) in [5, 5.41) is 6.39. The molecule has 2 N–H and O–H groups in total. The monoisotopic (exact) mass is 228 g/mol. The first-order valence-electron chi connectivity index (χ1n) is 6.43. The van der Waals surface area contributed by atoms with Gasteiger partial charge in [0.1, 0.15) is 0 Å². The highest BCUT2D eigenvalue weighted by Gasteiger charge is 2.11. The Morgan fingerprint density at radius 2 is 1.88 bits per heavy atom. The molecule has 3 heteroatoms. The van der Waals surface area contributed by atoms with Gasteiger partial charge < -0.3 is 10.6 Å². The van der Waals surface area contributed by atoms with Gasteiger partial charge in [-0.2, -0.15) is 0 Å². The van der Waals surface area contributed by atoms with Gasteiger partial charge in [0.25, 0.3) is 0 Å².